The van der Waals surface area contributed by atoms with Crippen molar-refractivity contribution in [2.24, 2.45) is 5.92 Å². The fourth-order valence-corrected chi connectivity index (χ4v) is 5.51. The van der Waals surface area contributed by atoms with Gasteiger partial charge in [0.25, 0.3) is 0 Å². The third-order valence-corrected chi connectivity index (χ3v) is 7.42. The van der Waals surface area contributed by atoms with E-state index >= 15 is 0 Å². The second-order valence-corrected chi connectivity index (χ2v) is 9.27. The lowest BCUT2D eigenvalue weighted by Crippen LogP contribution is -2.50. The van der Waals surface area contributed by atoms with Crippen LogP contribution in [0, 0.1) is 5.92 Å². The Morgan fingerprint density at radius 1 is 1.17 bits per heavy atom. The van der Waals surface area contributed by atoms with Gasteiger partial charge in [-0.25, -0.2) is 0 Å². The molecular weight excluding hydrogens is 364 g/mol. The molecule has 2 saturated heterocycles. The molecule has 3 aliphatic heterocycles. The molecule has 0 aromatic heterocycles. The van der Waals surface area contributed by atoms with Crippen LogP contribution in [0.4, 0.5) is 5.69 Å². The predicted octanol–water partition coefficient (Wildman–Crippen LogP) is 1.64. The first kappa shape index (κ1) is 19.1. The van der Waals surface area contributed by atoms with Gasteiger partial charge in [-0.3, -0.25) is 19.4 Å². The van der Waals surface area contributed by atoms with Crippen LogP contribution in [0.3, 0.4) is 0 Å². The number of amides is 2. The van der Waals surface area contributed by atoms with Crippen LogP contribution in [0.25, 0.3) is 0 Å². The molecule has 1 saturated carbocycles. The summed E-state index contributed by atoms with van der Waals surface area (Å²) in [6.45, 7) is 3.51. The van der Waals surface area contributed by atoms with Crippen molar-refractivity contribution in [1.29, 1.82) is 0 Å². The smallest absolute Gasteiger partial charge is 0.239 e. The van der Waals surface area contributed by atoms with Crippen LogP contribution >= 0.6 is 0 Å². The van der Waals surface area contributed by atoms with E-state index in [0.29, 0.717) is 13.0 Å². The van der Waals surface area contributed by atoms with E-state index in [4.69, 9.17) is 0 Å². The van der Waals surface area contributed by atoms with Crippen molar-refractivity contribution in [2.45, 2.75) is 56.7 Å². The van der Waals surface area contributed by atoms with Crippen LogP contribution < -0.4 is 10.2 Å². The van der Waals surface area contributed by atoms with Gasteiger partial charge in [0.15, 0.2) is 0 Å². The van der Waals surface area contributed by atoms with Crippen LogP contribution in [0.15, 0.2) is 24.3 Å². The molecule has 2 amide bonds. The lowest BCUT2D eigenvalue weighted by atomic mass is 10.0. The monoisotopic (exact) mass is 396 g/mol. The van der Waals surface area contributed by atoms with Crippen molar-refractivity contribution in [3.05, 3.63) is 29.8 Å². The van der Waals surface area contributed by atoms with E-state index in [0.717, 1.165) is 50.5 Å². The first-order chi connectivity index (χ1) is 14.1. The normalized spacial score (nSPS) is 30.0. The van der Waals surface area contributed by atoms with Gasteiger partial charge in [-0.15, -0.1) is 0 Å². The second kappa shape index (κ2) is 7.73. The number of nitrogens with zero attached hydrogens (tertiary/aromatic N) is 3. The molecule has 3 heterocycles. The number of rotatable bonds is 5. The third kappa shape index (κ3) is 3.68. The topological polar surface area (TPSA) is 55.9 Å². The Morgan fingerprint density at radius 3 is 2.83 bits per heavy atom. The zero-order valence-corrected chi connectivity index (χ0v) is 17.3. The summed E-state index contributed by atoms with van der Waals surface area (Å²) >= 11 is 0. The fourth-order valence-electron chi connectivity index (χ4n) is 5.51. The van der Waals surface area contributed by atoms with E-state index in [1.807, 2.05) is 17.0 Å². The summed E-state index contributed by atoms with van der Waals surface area (Å²) in [5.41, 5.74) is 2.34. The number of fused-ring (bicyclic) bond motifs is 2. The van der Waals surface area contributed by atoms with Crippen molar-refractivity contribution in [2.75, 3.05) is 38.1 Å². The van der Waals surface area contributed by atoms with E-state index in [1.54, 1.807) is 0 Å². The summed E-state index contributed by atoms with van der Waals surface area (Å²) in [5.74, 6) is 1.19. The number of carbonyl (C=O) groups excluding carboxylic acids is 2. The fraction of sp³-hybridized carbons (Fsp3) is 0.652. The molecule has 29 heavy (non-hydrogen) atoms. The summed E-state index contributed by atoms with van der Waals surface area (Å²) in [5, 5.41) is 3.18. The van der Waals surface area contributed by atoms with E-state index in [1.165, 1.54) is 18.4 Å². The zero-order chi connectivity index (χ0) is 20.0. The van der Waals surface area contributed by atoms with Crippen molar-refractivity contribution < 1.29 is 9.59 Å². The Labute approximate surface area is 173 Å². The Morgan fingerprint density at radius 2 is 2.00 bits per heavy atom. The number of nitrogens with one attached hydrogen (secondary N) is 1. The maximum atomic E-state index is 12.9. The van der Waals surface area contributed by atoms with Crippen molar-refractivity contribution in [1.82, 2.24) is 15.1 Å². The highest BCUT2D eigenvalue weighted by Gasteiger charge is 2.46. The highest BCUT2D eigenvalue weighted by Crippen LogP contribution is 2.34. The molecule has 0 bridgehead atoms. The van der Waals surface area contributed by atoms with E-state index < -0.39 is 0 Å². The highest BCUT2D eigenvalue weighted by molar-refractivity contribution is 5.95. The Balaban J connectivity index is 1.22. The molecule has 156 valence electrons. The second-order valence-electron chi connectivity index (χ2n) is 9.27. The summed E-state index contributed by atoms with van der Waals surface area (Å²) in [6, 6.07) is 8.68. The number of anilines is 1. The van der Waals surface area contributed by atoms with Crippen LogP contribution in [-0.4, -0.2) is 73.0 Å². The van der Waals surface area contributed by atoms with Crippen LogP contribution in [-0.2, 0) is 16.0 Å². The van der Waals surface area contributed by atoms with Crippen LogP contribution in [0.1, 0.15) is 37.7 Å². The number of benzene rings is 1. The van der Waals surface area contributed by atoms with Gasteiger partial charge in [0.2, 0.25) is 11.8 Å². The lowest BCUT2D eigenvalue weighted by molar-refractivity contribution is -0.125. The molecule has 6 heteroatoms. The Bertz CT molecular complexity index is 793. The van der Waals surface area contributed by atoms with Gasteiger partial charge < -0.3 is 10.2 Å². The largest absolute Gasteiger partial charge is 0.353 e. The van der Waals surface area contributed by atoms with Gasteiger partial charge in [0, 0.05) is 50.4 Å². The molecule has 0 spiro atoms. The first-order valence-corrected chi connectivity index (χ1v) is 11.2. The molecule has 4 aliphatic rings. The zero-order valence-electron chi connectivity index (χ0n) is 17.3. The van der Waals surface area contributed by atoms with Crippen molar-refractivity contribution in [3.63, 3.8) is 0 Å². The first-order valence-electron chi connectivity index (χ1n) is 11.2. The van der Waals surface area contributed by atoms with Crippen LogP contribution in [0.5, 0.6) is 0 Å². The van der Waals surface area contributed by atoms with E-state index in [9.17, 15) is 9.59 Å². The highest BCUT2D eigenvalue weighted by atomic mass is 16.2. The average Bonchev–Trinajstić information content (AvgIpc) is 3.31. The van der Waals surface area contributed by atoms with Crippen LogP contribution in [0.2, 0.25) is 0 Å². The third-order valence-electron chi connectivity index (χ3n) is 7.42. The summed E-state index contributed by atoms with van der Waals surface area (Å²) in [7, 11) is 2.15. The molecule has 1 aromatic rings. The minimum atomic E-state index is -0.0215. The van der Waals surface area contributed by atoms with Crippen molar-refractivity contribution >= 4 is 17.5 Å². The molecule has 0 unspecified atom stereocenters. The van der Waals surface area contributed by atoms with Gasteiger partial charge in [-0.05, 0) is 56.7 Å². The van der Waals surface area contributed by atoms with Crippen molar-refractivity contribution in [3.8, 4) is 0 Å². The van der Waals surface area contributed by atoms with Gasteiger partial charge >= 0.3 is 0 Å². The molecule has 1 N–H and O–H groups in total. The molecule has 3 atom stereocenters. The van der Waals surface area contributed by atoms with Gasteiger partial charge in [0.1, 0.15) is 6.04 Å². The maximum Gasteiger partial charge on any atom is 0.239 e. The number of carbonyl (C=O) groups is 2. The Hall–Kier alpha value is -1.92. The summed E-state index contributed by atoms with van der Waals surface area (Å²) < 4.78 is 0. The average molecular weight is 397 g/mol. The predicted molar refractivity (Wildman–Crippen MR) is 113 cm³/mol. The van der Waals surface area contributed by atoms with Gasteiger partial charge in [-0.2, -0.15) is 0 Å². The molecular formula is C23H32N4O2. The molecule has 3 fully saturated rings. The summed E-state index contributed by atoms with van der Waals surface area (Å²) in [4.78, 5) is 32.5. The number of para-hydroxylation sites is 1. The lowest BCUT2D eigenvalue weighted by Gasteiger charge is -2.33. The SMILES string of the molecule is CN1[C@@H](CCC(=O)N2CCc3ccccc32)CNC(=O)[C@@H]2[C@H]1CCN2CC1CC1. The minimum absolute atomic E-state index is 0.0215. The number of hydrogen-bond acceptors (Lipinski definition) is 4. The Kier molecular flexibility index (Phi) is 5.08. The summed E-state index contributed by atoms with van der Waals surface area (Å²) in [6.07, 6.45) is 5.95. The molecule has 5 rings (SSSR count). The molecule has 0 radical (unpaired) electrons. The van der Waals surface area contributed by atoms with Gasteiger partial charge in [0.05, 0.1) is 0 Å². The molecule has 1 aromatic carbocycles. The standard InChI is InChI=1S/C23H32N4O2/c1-25-18(8-9-21(28)27-13-10-17-4-2-3-5-19(17)27)14-24-23(29)22-20(25)11-12-26(22)15-16-6-7-16/h2-5,16,18,20,22H,6-15H2,1H3,(H,24,29)/t18-,20+,22-/m0/s1. The number of likely N-dealkylation sites (N-methyl/N-ethyl adjacent to an activating group) is 1. The maximum absolute atomic E-state index is 12.9. The quantitative estimate of drug-likeness (QED) is 0.822. The van der Waals surface area contributed by atoms with Gasteiger partial charge in [-0.1, -0.05) is 18.2 Å². The number of hydrogen-bond donors (Lipinski definition) is 1. The number of likely N-dealkylation sites (tertiary alicyclic amines) is 1. The van der Waals surface area contributed by atoms with E-state index in [2.05, 4.69) is 34.3 Å². The molecule has 1 aliphatic carbocycles. The molecule has 6 nitrogen and oxygen atoms in total. The van der Waals surface area contributed by atoms with E-state index in [-0.39, 0.29) is 29.9 Å². The minimum Gasteiger partial charge on any atom is -0.353 e.